The van der Waals surface area contributed by atoms with Crippen molar-refractivity contribution in [3.05, 3.63) is 30.3 Å². The van der Waals surface area contributed by atoms with Crippen molar-refractivity contribution < 1.29 is 14.6 Å². The Morgan fingerprint density at radius 2 is 2.00 bits per heavy atom. The minimum atomic E-state index is -0.853. The molecule has 0 fully saturated rings. The maximum Gasteiger partial charge on any atom is 0.323 e. The Balaban J connectivity index is 2.48. The molecule has 1 rings (SSSR count). The Morgan fingerprint density at radius 1 is 1.35 bits per heavy atom. The number of rotatable bonds is 9. The van der Waals surface area contributed by atoms with Gasteiger partial charge in [-0.25, -0.2) is 0 Å². The summed E-state index contributed by atoms with van der Waals surface area (Å²) in [7, 11) is 0. The second-order valence-electron chi connectivity index (χ2n) is 5.30. The molecule has 0 heterocycles. The molecule has 1 atom stereocenters. The van der Waals surface area contributed by atoms with Crippen molar-refractivity contribution in [1.82, 2.24) is 5.32 Å². The van der Waals surface area contributed by atoms with Gasteiger partial charge in [-0.3, -0.25) is 10.1 Å². The van der Waals surface area contributed by atoms with E-state index in [0.717, 1.165) is 5.75 Å². The van der Waals surface area contributed by atoms with E-state index < -0.39 is 11.5 Å². The largest absolute Gasteiger partial charge is 0.494 e. The zero-order valence-electron chi connectivity index (χ0n) is 12.6. The van der Waals surface area contributed by atoms with E-state index in [9.17, 15) is 9.90 Å². The molecular weight excluding hydrogens is 254 g/mol. The predicted octanol–water partition coefficient (Wildman–Crippen LogP) is 3.08. The van der Waals surface area contributed by atoms with Gasteiger partial charge in [0.05, 0.1) is 6.61 Å². The van der Waals surface area contributed by atoms with E-state index in [4.69, 9.17) is 4.74 Å². The van der Waals surface area contributed by atoms with Crippen molar-refractivity contribution in [1.29, 1.82) is 0 Å². The van der Waals surface area contributed by atoms with Gasteiger partial charge in [0.2, 0.25) is 0 Å². The number of hydrogen-bond acceptors (Lipinski definition) is 3. The molecule has 1 aromatic rings. The predicted molar refractivity (Wildman–Crippen MR) is 80.1 cm³/mol. The molecule has 0 aliphatic heterocycles. The minimum absolute atomic E-state index is 0.140. The molecule has 112 valence electrons. The first kappa shape index (κ1) is 16.5. The van der Waals surface area contributed by atoms with Gasteiger partial charge in [-0.2, -0.15) is 0 Å². The van der Waals surface area contributed by atoms with Crippen molar-refractivity contribution in [3.63, 3.8) is 0 Å². The van der Waals surface area contributed by atoms with Crippen LogP contribution in [0.25, 0.3) is 0 Å². The average Bonchev–Trinajstić information content (AvgIpc) is 2.42. The lowest BCUT2D eigenvalue weighted by atomic mass is 9.89. The van der Waals surface area contributed by atoms with Crippen LogP contribution in [0.1, 0.15) is 40.0 Å². The molecule has 4 nitrogen and oxygen atoms in total. The number of hydrogen-bond donors (Lipinski definition) is 2. The number of ether oxygens (including phenoxy) is 1. The first-order valence-electron chi connectivity index (χ1n) is 7.19. The molecule has 1 unspecified atom stereocenters. The molecule has 0 saturated heterocycles. The molecule has 0 aromatic heterocycles. The fourth-order valence-electron chi connectivity index (χ4n) is 2.30. The lowest BCUT2D eigenvalue weighted by Gasteiger charge is -2.31. The Morgan fingerprint density at radius 3 is 2.50 bits per heavy atom. The highest BCUT2D eigenvalue weighted by molar-refractivity contribution is 5.78. The van der Waals surface area contributed by atoms with Gasteiger partial charge < -0.3 is 9.84 Å². The molecule has 20 heavy (non-hydrogen) atoms. The number of carboxylic acids is 1. The molecule has 1 aromatic carbocycles. The highest BCUT2D eigenvalue weighted by atomic mass is 16.5. The molecule has 0 aliphatic carbocycles. The maximum atomic E-state index is 11.5. The first-order chi connectivity index (χ1) is 9.50. The van der Waals surface area contributed by atoms with Crippen LogP contribution in [0.4, 0.5) is 0 Å². The number of nitrogens with one attached hydrogen (secondary N) is 1. The normalized spacial score (nSPS) is 14.0. The van der Waals surface area contributed by atoms with Crippen LogP contribution >= 0.6 is 0 Å². The summed E-state index contributed by atoms with van der Waals surface area (Å²) in [5, 5.41) is 12.7. The fraction of sp³-hybridized carbons (Fsp3) is 0.562. The van der Waals surface area contributed by atoms with Gasteiger partial charge in [-0.1, -0.05) is 25.1 Å². The average molecular weight is 279 g/mol. The van der Waals surface area contributed by atoms with Crippen LogP contribution in [0, 0.1) is 0 Å². The lowest BCUT2D eigenvalue weighted by molar-refractivity contribution is -0.145. The van der Waals surface area contributed by atoms with Crippen LogP contribution < -0.4 is 10.1 Å². The Bertz CT molecular complexity index is 405. The smallest absolute Gasteiger partial charge is 0.323 e. The zero-order valence-corrected chi connectivity index (χ0v) is 12.6. The van der Waals surface area contributed by atoms with Crippen molar-refractivity contribution in [2.24, 2.45) is 0 Å². The highest BCUT2D eigenvalue weighted by Gasteiger charge is 2.36. The SMILES string of the molecule is CCC(CCCOc1ccccc1)(NC(C)C)C(=O)O. The third kappa shape index (κ3) is 4.85. The second-order valence-corrected chi connectivity index (χ2v) is 5.30. The summed E-state index contributed by atoms with van der Waals surface area (Å²) in [5.41, 5.74) is -0.853. The van der Waals surface area contributed by atoms with Gasteiger partial charge in [-0.05, 0) is 45.2 Å². The molecule has 0 bridgehead atoms. The third-order valence-corrected chi connectivity index (χ3v) is 3.34. The van der Waals surface area contributed by atoms with Gasteiger partial charge in [-0.15, -0.1) is 0 Å². The van der Waals surface area contributed by atoms with Gasteiger partial charge in [0, 0.05) is 6.04 Å². The second kappa shape index (κ2) is 7.90. The van der Waals surface area contributed by atoms with Crippen LogP contribution in [-0.4, -0.2) is 29.3 Å². The molecular formula is C16H25NO3. The number of carboxylic acid groups (broad SMARTS) is 1. The van der Waals surface area contributed by atoms with Crippen LogP contribution in [0.15, 0.2) is 30.3 Å². The van der Waals surface area contributed by atoms with Crippen LogP contribution in [0.5, 0.6) is 5.75 Å². The first-order valence-corrected chi connectivity index (χ1v) is 7.19. The summed E-state index contributed by atoms with van der Waals surface area (Å²) in [6.45, 7) is 6.36. The summed E-state index contributed by atoms with van der Waals surface area (Å²) in [4.78, 5) is 11.5. The molecule has 4 heteroatoms. The van der Waals surface area contributed by atoms with E-state index in [2.05, 4.69) is 5.32 Å². The van der Waals surface area contributed by atoms with E-state index in [1.54, 1.807) is 0 Å². The van der Waals surface area contributed by atoms with Crippen molar-refractivity contribution in [2.75, 3.05) is 6.61 Å². The van der Waals surface area contributed by atoms with E-state index in [1.165, 1.54) is 0 Å². The van der Waals surface area contributed by atoms with Gasteiger partial charge in [0.15, 0.2) is 0 Å². The van der Waals surface area contributed by atoms with E-state index in [1.807, 2.05) is 51.1 Å². The summed E-state index contributed by atoms with van der Waals surface area (Å²) >= 11 is 0. The Hall–Kier alpha value is -1.55. The zero-order chi connectivity index (χ0) is 15.0. The fourth-order valence-corrected chi connectivity index (χ4v) is 2.30. The molecule has 2 N–H and O–H groups in total. The highest BCUT2D eigenvalue weighted by Crippen LogP contribution is 2.20. The summed E-state index contributed by atoms with van der Waals surface area (Å²) in [5.74, 6) is 0.0372. The van der Waals surface area contributed by atoms with Crippen LogP contribution in [0.2, 0.25) is 0 Å². The summed E-state index contributed by atoms with van der Waals surface area (Å²) in [6, 6.07) is 9.72. The van der Waals surface area contributed by atoms with Crippen molar-refractivity contribution in [2.45, 2.75) is 51.6 Å². The standard InChI is InChI=1S/C16H25NO3/c1-4-16(15(18)19,17-13(2)3)11-8-12-20-14-9-6-5-7-10-14/h5-7,9-10,13,17H,4,8,11-12H2,1-3H3,(H,18,19). The van der Waals surface area contributed by atoms with Crippen molar-refractivity contribution >= 4 is 5.97 Å². The van der Waals surface area contributed by atoms with Gasteiger partial charge >= 0.3 is 5.97 Å². The van der Waals surface area contributed by atoms with E-state index in [0.29, 0.717) is 25.9 Å². The number of benzene rings is 1. The molecule has 0 radical (unpaired) electrons. The Labute approximate surface area is 121 Å². The maximum absolute atomic E-state index is 11.5. The molecule has 0 saturated carbocycles. The molecule has 0 aliphatic rings. The lowest BCUT2D eigenvalue weighted by Crippen LogP contribution is -2.54. The molecule has 0 amide bonds. The minimum Gasteiger partial charge on any atom is -0.494 e. The quantitative estimate of drug-likeness (QED) is 0.682. The summed E-state index contributed by atoms with van der Waals surface area (Å²) < 4.78 is 5.61. The van der Waals surface area contributed by atoms with Crippen LogP contribution in [0.3, 0.4) is 0 Å². The Kier molecular flexibility index (Phi) is 6.52. The van der Waals surface area contributed by atoms with Crippen LogP contribution in [-0.2, 0) is 4.79 Å². The number of para-hydroxylation sites is 1. The van der Waals surface area contributed by atoms with Gasteiger partial charge in [0.1, 0.15) is 11.3 Å². The number of aliphatic carboxylic acids is 1. The third-order valence-electron chi connectivity index (χ3n) is 3.34. The van der Waals surface area contributed by atoms with E-state index >= 15 is 0 Å². The summed E-state index contributed by atoms with van der Waals surface area (Å²) in [6.07, 6.45) is 1.82. The number of carbonyl (C=O) groups is 1. The molecule has 0 spiro atoms. The van der Waals surface area contributed by atoms with Crippen molar-refractivity contribution in [3.8, 4) is 5.75 Å². The topological polar surface area (TPSA) is 58.6 Å². The monoisotopic (exact) mass is 279 g/mol. The van der Waals surface area contributed by atoms with E-state index in [-0.39, 0.29) is 6.04 Å². The van der Waals surface area contributed by atoms with Gasteiger partial charge in [0.25, 0.3) is 0 Å².